The average Bonchev–Trinajstić information content (AvgIpc) is 2.57. The Morgan fingerprint density at radius 2 is 1.10 bits per heavy atom. The molecule has 0 aliphatic carbocycles. The zero-order chi connectivity index (χ0) is 24.0. The SMILES string of the molecule is CCC[CH]c1ccc(C(F)(F)C(F)(F)C(F)(F)F)cc1C(F)(F)C(F)(F)C(F)(F)F. The van der Waals surface area contributed by atoms with Gasteiger partial charge >= 0.3 is 36.0 Å². The minimum absolute atomic E-state index is 0.0427. The fraction of sp³-hybridized carbons (Fsp3) is 0.562. The highest BCUT2D eigenvalue weighted by atomic mass is 19.4. The molecule has 14 heteroatoms. The van der Waals surface area contributed by atoms with E-state index in [0.717, 1.165) is 0 Å². The first kappa shape index (κ1) is 26.3. The Kier molecular flexibility index (Phi) is 6.78. The van der Waals surface area contributed by atoms with E-state index >= 15 is 0 Å². The molecule has 0 aliphatic rings. The lowest BCUT2D eigenvalue weighted by Gasteiger charge is -2.32. The Bertz CT molecular complexity index is 741. The fourth-order valence-electron chi connectivity index (χ4n) is 2.21. The van der Waals surface area contributed by atoms with Crippen LogP contribution < -0.4 is 0 Å². The summed E-state index contributed by atoms with van der Waals surface area (Å²) in [6, 6.07) is -1.05. The molecule has 0 spiro atoms. The third-order valence-corrected chi connectivity index (χ3v) is 3.91. The molecule has 173 valence electrons. The summed E-state index contributed by atoms with van der Waals surface area (Å²) in [5.74, 6) is -26.2. The van der Waals surface area contributed by atoms with Gasteiger partial charge in [0.05, 0.1) is 0 Å². The summed E-state index contributed by atoms with van der Waals surface area (Å²) >= 11 is 0. The quantitative estimate of drug-likeness (QED) is 0.361. The Morgan fingerprint density at radius 1 is 0.667 bits per heavy atom. The molecule has 0 saturated carbocycles. The zero-order valence-corrected chi connectivity index (χ0v) is 14.5. The third-order valence-electron chi connectivity index (χ3n) is 3.91. The van der Waals surface area contributed by atoms with Crippen LogP contribution in [0.4, 0.5) is 61.5 Å². The van der Waals surface area contributed by atoms with Gasteiger partial charge in [-0.2, -0.15) is 61.5 Å². The first-order chi connectivity index (χ1) is 13.2. The molecule has 0 saturated heterocycles. The van der Waals surface area contributed by atoms with Crippen LogP contribution in [-0.2, 0) is 11.8 Å². The Labute approximate surface area is 159 Å². The molecule has 0 bridgehead atoms. The molecule has 0 heterocycles. The Morgan fingerprint density at radius 3 is 1.50 bits per heavy atom. The molecule has 0 aromatic heterocycles. The van der Waals surface area contributed by atoms with Gasteiger partial charge in [-0.1, -0.05) is 25.5 Å². The number of alkyl halides is 14. The maximum atomic E-state index is 14.1. The van der Waals surface area contributed by atoms with Crippen LogP contribution in [0.5, 0.6) is 0 Å². The molecular formula is C16H11F14. The molecule has 0 fully saturated rings. The Hall–Kier alpha value is -1.76. The summed E-state index contributed by atoms with van der Waals surface area (Å²) in [4.78, 5) is 0. The standard InChI is InChI=1S/C16H11F14/c1-2-3-4-8-5-6-9(11(17,18)13(21,22)15(25,26)27)7-10(8)12(19,20)14(23,24)16(28,29)30/h4-7H,2-3H2,1H3. The number of hydrogen-bond donors (Lipinski definition) is 0. The molecule has 0 atom stereocenters. The number of rotatable bonds is 7. The van der Waals surface area contributed by atoms with Gasteiger partial charge in [0.25, 0.3) is 0 Å². The lowest BCUT2D eigenvalue weighted by molar-refractivity contribution is -0.361. The largest absolute Gasteiger partial charge is 0.460 e. The fourth-order valence-corrected chi connectivity index (χ4v) is 2.21. The van der Waals surface area contributed by atoms with Crippen LogP contribution >= 0.6 is 0 Å². The van der Waals surface area contributed by atoms with E-state index in [0.29, 0.717) is 6.42 Å². The second-order valence-electron chi connectivity index (χ2n) is 6.09. The smallest absolute Gasteiger partial charge is 0.194 e. The predicted octanol–water partition coefficient (Wildman–Crippen LogP) is 7.62. The van der Waals surface area contributed by atoms with Gasteiger partial charge in [-0.15, -0.1) is 0 Å². The van der Waals surface area contributed by atoms with E-state index in [1.54, 1.807) is 0 Å². The molecule has 30 heavy (non-hydrogen) atoms. The summed E-state index contributed by atoms with van der Waals surface area (Å²) in [7, 11) is 0. The van der Waals surface area contributed by atoms with E-state index in [2.05, 4.69) is 0 Å². The molecule has 0 unspecified atom stereocenters. The monoisotopic (exact) mass is 469 g/mol. The highest BCUT2D eigenvalue weighted by molar-refractivity contribution is 5.43. The summed E-state index contributed by atoms with van der Waals surface area (Å²) in [6.07, 6.45) is -13.3. The minimum atomic E-state index is -6.90. The first-order valence-corrected chi connectivity index (χ1v) is 7.79. The molecule has 1 rings (SSSR count). The lowest BCUT2D eigenvalue weighted by Crippen LogP contribution is -2.51. The minimum Gasteiger partial charge on any atom is -0.194 e. The highest BCUT2D eigenvalue weighted by Gasteiger charge is 2.75. The van der Waals surface area contributed by atoms with Crippen molar-refractivity contribution in [2.45, 2.75) is 55.8 Å². The van der Waals surface area contributed by atoms with Gasteiger partial charge in [0.2, 0.25) is 0 Å². The molecule has 0 aliphatic heterocycles. The van der Waals surface area contributed by atoms with Crippen LogP contribution in [-0.4, -0.2) is 24.2 Å². The van der Waals surface area contributed by atoms with E-state index in [-0.39, 0.29) is 25.0 Å². The molecule has 0 nitrogen and oxygen atoms in total. The maximum absolute atomic E-state index is 14.1. The van der Waals surface area contributed by atoms with Crippen LogP contribution in [0.2, 0.25) is 0 Å². The van der Waals surface area contributed by atoms with Crippen molar-refractivity contribution >= 4 is 0 Å². The van der Waals surface area contributed by atoms with Gasteiger partial charge in [0, 0.05) is 11.1 Å². The third kappa shape index (κ3) is 4.18. The van der Waals surface area contributed by atoms with E-state index < -0.39 is 58.8 Å². The van der Waals surface area contributed by atoms with Gasteiger partial charge in [0.15, 0.2) is 0 Å². The predicted molar refractivity (Wildman–Crippen MR) is 74.5 cm³/mol. The molecule has 0 amide bonds. The number of halogens is 14. The van der Waals surface area contributed by atoms with E-state index in [9.17, 15) is 61.5 Å². The van der Waals surface area contributed by atoms with Gasteiger partial charge in [-0.05, 0) is 24.5 Å². The van der Waals surface area contributed by atoms with Crippen molar-refractivity contribution in [2.75, 3.05) is 0 Å². The van der Waals surface area contributed by atoms with Crippen molar-refractivity contribution in [2.24, 2.45) is 0 Å². The number of unbranched alkanes of at least 4 members (excludes halogenated alkanes) is 1. The molecule has 1 aromatic rings. The Balaban J connectivity index is 3.78. The van der Waals surface area contributed by atoms with Crippen LogP contribution in [0.1, 0.15) is 36.5 Å². The van der Waals surface area contributed by atoms with Gasteiger partial charge in [-0.25, -0.2) is 0 Å². The molecule has 0 N–H and O–H groups in total. The van der Waals surface area contributed by atoms with Crippen LogP contribution in [0, 0.1) is 6.42 Å². The summed E-state index contributed by atoms with van der Waals surface area (Å²) < 4.78 is 183. The van der Waals surface area contributed by atoms with Crippen molar-refractivity contribution in [3.05, 3.63) is 41.3 Å². The van der Waals surface area contributed by atoms with Gasteiger partial charge in [0.1, 0.15) is 0 Å². The molecule has 1 radical (unpaired) electrons. The second-order valence-corrected chi connectivity index (χ2v) is 6.09. The van der Waals surface area contributed by atoms with Crippen molar-refractivity contribution in [3.8, 4) is 0 Å². The van der Waals surface area contributed by atoms with Crippen LogP contribution in [0.25, 0.3) is 0 Å². The van der Waals surface area contributed by atoms with E-state index in [1.807, 2.05) is 0 Å². The maximum Gasteiger partial charge on any atom is 0.460 e. The van der Waals surface area contributed by atoms with Crippen LogP contribution in [0.15, 0.2) is 18.2 Å². The lowest BCUT2D eigenvalue weighted by atomic mass is 9.89. The molecule has 1 aromatic carbocycles. The van der Waals surface area contributed by atoms with Crippen molar-refractivity contribution in [1.82, 2.24) is 0 Å². The van der Waals surface area contributed by atoms with E-state index in [4.69, 9.17) is 0 Å². The van der Waals surface area contributed by atoms with E-state index in [1.165, 1.54) is 6.92 Å². The summed E-state index contributed by atoms with van der Waals surface area (Å²) in [5.41, 5.74) is -6.17. The number of hydrogen-bond acceptors (Lipinski definition) is 0. The zero-order valence-electron chi connectivity index (χ0n) is 14.5. The number of benzene rings is 1. The topological polar surface area (TPSA) is 0 Å². The summed E-state index contributed by atoms with van der Waals surface area (Å²) in [5, 5.41) is 0. The van der Waals surface area contributed by atoms with Crippen molar-refractivity contribution < 1.29 is 61.5 Å². The van der Waals surface area contributed by atoms with Crippen molar-refractivity contribution in [1.29, 1.82) is 0 Å². The normalized spacial score (nSPS) is 14.9. The summed E-state index contributed by atoms with van der Waals surface area (Å²) in [6.45, 7) is 1.41. The average molecular weight is 469 g/mol. The van der Waals surface area contributed by atoms with Gasteiger partial charge < -0.3 is 0 Å². The first-order valence-electron chi connectivity index (χ1n) is 7.79. The molecular weight excluding hydrogens is 458 g/mol. The van der Waals surface area contributed by atoms with Gasteiger partial charge in [-0.3, -0.25) is 0 Å². The van der Waals surface area contributed by atoms with Crippen molar-refractivity contribution in [3.63, 3.8) is 0 Å². The highest BCUT2D eigenvalue weighted by Crippen LogP contribution is 2.55. The second kappa shape index (κ2) is 7.74. The van der Waals surface area contributed by atoms with Crippen LogP contribution in [0.3, 0.4) is 0 Å².